The van der Waals surface area contributed by atoms with Gasteiger partial charge in [-0.05, 0) is 44.9 Å². The minimum Gasteiger partial charge on any atom is -0.461 e. The van der Waals surface area contributed by atoms with Crippen LogP contribution in [0.15, 0.2) is 0 Å². The fourth-order valence-corrected chi connectivity index (χ4v) is 5.32. The molecule has 6 atom stereocenters. The zero-order valence-corrected chi connectivity index (χ0v) is 12.6. The van der Waals surface area contributed by atoms with Gasteiger partial charge in [0, 0.05) is 18.3 Å². The van der Waals surface area contributed by atoms with E-state index in [1.54, 1.807) is 6.92 Å². The van der Waals surface area contributed by atoms with Gasteiger partial charge in [-0.3, -0.25) is 14.4 Å². The van der Waals surface area contributed by atoms with Crippen LogP contribution in [0.1, 0.15) is 47.0 Å². The van der Waals surface area contributed by atoms with Crippen LogP contribution in [0, 0.1) is 28.6 Å². The van der Waals surface area contributed by atoms with Gasteiger partial charge < -0.3 is 4.74 Å². The van der Waals surface area contributed by atoms with Gasteiger partial charge in [-0.1, -0.05) is 6.92 Å². The summed E-state index contributed by atoms with van der Waals surface area (Å²) in [6.07, 6.45) is 1.78. The number of Topliss-reactive ketones (excluding diaryl/α,β-unsaturated/α-hetero) is 2. The van der Waals surface area contributed by atoms with Gasteiger partial charge in [-0.2, -0.15) is 0 Å². The van der Waals surface area contributed by atoms with Gasteiger partial charge >= 0.3 is 5.97 Å². The second-order valence-electron chi connectivity index (χ2n) is 7.39. The number of ketones is 2. The maximum absolute atomic E-state index is 12.9. The first-order chi connectivity index (χ1) is 9.20. The quantitative estimate of drug-likeness (QED) is 0.726. The molecule has 0 saturated heterocycles. The molecular weight excluding hydrogens is 256 g/mol. The van der Waals surface area contributed by atoms with E-state index in [1.165, 1.54) is 6.92 Å². The third-order valence-corrected chi connectivity index (χ3v) is 6.20. The molecule has 0 unspecified atom stereocenters. The molecule has 4 nitrogen and oxygen atoms in total. The van der Waals surface area contributed by atoms with Gasteiger partial charge in [0.1, 0.15) is 17.7 Å². The zero-order valence-electron chi connectivity index (χ0n) is 12.6. The van der Waals surface area contributed by atoms with Crippen LogP contribution in [-0.4, -0.2) is 23.6 Å². The first kappa shape index (κ1) is 13.8. The van der Waals surface area contributed by atoms with E-state index in [-0.39, 0.29) is 41.4 Å². The van der Waals surface area contributed by atoms with E-state index in [0.29, 0.717) is 12.8 Å². The van der Waals surface area contributed by atoms with E-state index in [0.717, 1.165) is 6.42 Å². The van der Waals surface area contributed by atoms with Crippen molar-refractivity contribution in [1.82, 2.24) is 0 Å². The van der Waals surface area contributed by atoms with E-state index in [2.05, 4.69) is 0 Å². The molecule has 0 aromatic rings. The lowest BCUT2D eigenvalue weighted by Gasteiger charge is -2.55. The first-order valence-corrected chi connectivity index (χ1v) is 7.42. The van der Waals surface area contributed by atoms with Gasteiger partial charge in [0.25, 0.3) is 0 Å². The van der Waals surface area contributed by atoms with Gasteiger partial charge in [-0.25, -0.2) is 0 Å². The van der Waals surface area contributed by atoms with Crippen LogP contribution in [0.5, 0.6) is 0 Å². The van der Waals surface area contributed by atoms with Crippen molar-refractivity contribution in [2.75, 3.05) is 0 Å². The molecule has 4 saturated carbocycles. The van der Waals surface area contributed by atoms with E-state index < -0.39 is 10.8 Å². The van der Waals surface area contributed by atoms with Crippen molar-refractivity contribution in [3.8, 4) is 0 Å². The Balaban J connectivity index is 2.00. The van der Waals surface area contributed by atoms with Crippen LogP contribution >= 0.6 is 0 Å². The van der Waals surface area contributed by atoms with Crippen molar-refractivity contribution < 1.29 is 19.1 Å². The van der Waals surface area contributed by atoms with Crippen LogP contribution in [0.25, 0.3) is 0 Å². The van der Waals surface area contributed by atoms with Crippen LogP contribution in [0.2, 0.25) is 0 Å². The molecule has 4 fully saturated rings. The van der Waals surface area contributed by atoms with Gasteiger partial charge in [0.2, 0.25) is 0 Å². The highest BCUT2D eigenvalue weighted by molar-refractivity contribution is 5.95. The average Bonchev–Trinajstić information content (AvgIpc) is 2.58. The summed E-state index contributed by atoms with van der Waals surface area (Å²) in [4.78, 5) is 36.1. The summed E-state index contributed by atoms with van der Waals surface area (Å²) in [6.45, 7) is 6.97. The number of ether oxygens (including phenoxy) is 1. The molecule has 4 heteroatoms. The zero-order chi connectivity index (χ0) is 14.9. The van der Waals surface area contributed by atoms with Gasteiger partial charge in [0.05, 0.1) is 5.41 Å². The summed E-state index contributed by atoms with van der Waals surface area (Å²) < 4.78 is 5.42. The number of fused-ring (bicyclic) bond motifs is 1. The topological polar surface area (TPSA) is 60.4 Å². The molecule has 0 aromatic heterocycles. The van der Waals surface area contributed by atoms with Crippen molar-refractivity contribution in [2.24, 2.45) is 28.6 Å². The van der Waals surface area contributed by atoms with Crippen molar-refractivity contribution in [1.29, 1.82) is 0 Å². The Morgan fingerprint density at radius 2 is 1.80 bits per heavy atom. The Bertz CT molecular complexity index is 511. The second kappa shape index (κ2) is 3.92. The summed E-state index contributed by atoms with van der Waals surface area (Å²) in [5.41, 5.74) is -1.01. The van der Waals surface area contributed by atoms with E-state index >= 15 is 0 Å². The molecule has 4 bridgehead atoms. The van der Waals surface area contributed by atoms with E-state index in [4.69, 9.17) is 4.74 Å². The summed E-state index contributed by atoms with van der Waals surface area (Å²) in [7, 11) is 0. The number of carbonyl (C=O) groups is 3. The smallest absolute Gasteiger partial charge is 0.302 e. The molecule has 4 aliphatic rings. The molecule has 0 radical (unpaired) electrons. The lowest BCUT2D eigenvalue weighted by Crippen LogP contribution is -2.61. The third kappa shape index (κ3) is 1.51. The number of hydrogen-bond acceptors (Lipinski definition) is 4. The molecule has 0 N–H and O–H groups in total. The summed E-state index contributed by atoms with van der Waals surface area (Å²) >= 11 is 0. The molecular formula is C16H22O4. The monoisotopic (exact) mass is 278 g/mol. The number of carbonyl (C=O) groups excluding carboxylic acids is 3. The Kier molecular flexibility index (Phi) is 2.70. The minimum absolute atomic E-state index is 0.00838. The summed E-state index contributed by atoms with van der Waals surface area (Å²) in [5, 5.41) is 0. The molecule has 110 valence electrons. The highest BCUT2D eigenvalue weighted by Crippen LogP contribution is 2.67. The SMILES string of the molecule is CC(=O)O[C@@H]1C[C@H]2[C@H]3C[C@]1(C)C(=O)[C@]2(C)C[C@H]3C(C)=O. The molecule has 0 heterocycles. The highest BCUT2D eigenvalue weighted by Gasteiger charge is 2.70. The van der Waals surface area contributed by atoms with Gasteiger partial charge in [-0.15, -0.1) is 0 Å². The van der Waals surface area contributed by atoms with Crippen LogP contribution < -0.4 is 0 Å². The fourth-order valence-electron chi connectivity index (χ4n) is 5.32. The largest absolute Gasteiger partial charge is 0.461 e. The Hall–Kier alpha value is -1.19. The molecule has 20 heavy (non-hydrogen) atoms. The lowest BCUT2D eigenvalue weighted by atomic mass is 9.48. The Morgan fingerprint density at radius 1 is 1.15 bits per heavy atom. The average molecular weight is 278 g/mol. The van der Waals surface area contributed by atoms with Crippen molar-refractivity contribution in [2.45, 2.75) is 53.1 Å². The van der Waals surface area contributed by atoms with Crippen LogP contribution in [-0.2, 0) is 19.1 Å². The maximum Gasteiger partial charge on any atom is 0.302 e. The Labute approximate surface area is 119 Å². The fraction of sp³-hybridized carbons (Fsp3) is 0.812. The van der Waals surface area contributed by atoms with Crippen LogP contribution in [0.4, 0.5) is 0 Å². The van der Waals surface area contributed by atoms with Crippen molar-refractivity contribution in [3.05, 3.63) is 0 Å². The normalized spacial score (nSPS) is 49.3. The molecule has 4 aliphatic carbocycles. The number of esters is 1. The van der Waals surface area contributed by atoms with Crippen LogP contribution in [0.3, 0.4) is 0 Å². The predicted molar refractivity (Wildman–Crippen MR) is 71.8 cm³/mol. The summed E-state index contributed by atoms with van der Waals surface area (Å²) in [6, 6.07) is 0. The number of rotatable bonds is 2. The predicted octanol–water partition coefficient (Wildman–Crippen LogP) is 2.15. The Morgan fingerprint density at radius 3 is 2.35 bits per heavy atom. The van der Waals surface area contributed by atoms with E-state index in [9.17, 15) is 14.4 Å². The lowest BCUT2D eigenvalue weighted by molar-refractivity contribution is -0.185. The third-order valence-electron chi connectivity index (χ3n) is 6.20. The van der Waals surface area contributed by atoms with Crippen molar-refractivity contribution in [3.63, 3.8) is 0 Å². The standard InChI is InChI=1S/C16H22O4/c1-8(17)10-6-15(3)12-5-13(20-9(2)18)16(4,14(15)19)7-11(10)12/h10-13H,5-7H2,1-4H3/t10-,11-,12-,13+,15+,16-/m0/s1. The molecule has 0 spiro atoms. The number of hydrogen-bond donors (Lipinski definition) is 0. The molecule has 0 aromatic carbocycles. The van der Waals surface area contributed by atoms with Gasteiger partial charge in [0.15, 0.2) is 0 Å². The maximum atomic E-state index is 12.9. The molecule has 0 amide bonds. The highest BCUT2D eigenvalue weighted by atomic mass is 16.5. The minimum atomic E-state index is -0.607. The van der Waals surface area contributed by atoms with Crippen molar-refractivity contribution >= 4 is 17.5 Å². The van der Waals surface area contributed by atoms with E-state index in [1.807, 2.05) is 13.8 Å². The molecule has 4 rings (SSSR count). The summed E-state index contributed by atoms with van der Waals surface area (Å²) in [5.74, 6) is 0.563. The molecule has 0 aliphatic heterocycles. The first-order valence-electron chi connectivity index (χ1n) is 7.42. The second-order valence-corrected chi connectivity index (χ2v) is 7.39.